The molecule has 0 saturated carbocycles. The molecule has 2 saturated heterocycles. The number of likely N-dealkylation sites (tertiary alicyclic amines) is 2. The Bertz CT molecular complexity index is 765. The van der Waals surface area contributed by atoms with Crippen molar-refractivity contribution in [1.29, 1.82) is 0 Å². The van der Waals surface area contributed by atoms with Gasteiger partial charge in [0.15, 0.2) is 0 Å². The molecular formula is C22H27N3O. The number of benzene rings is 1. The van der Waals surface area contributed by atoms with Gasteiger partial charge in [0.1, 0.15) is 0 Å². The van der Waals surface area contributed by atoms with Crippen molar-refractivity contribution in [3.05, 3.63) is 53.7 Å². The Kier molecular flexibility index (Phi) is 5.02. The Morgan fingerprint density at radius 3 is 2.54 bits per heavy atom. The zero-order chi connectivity index (χ0) is 17.9. The van der Waals surface area contributed by atoms with Crippen molar-refractivity contribution in [2.75, 3.05) is 26.2 Å². The fourth-order valence-electron chi connectivity index (χ4n) is 4.21. The molecule has 2 aromatic rings. The highest BCUT2D eigenvalue weighted by Gasteiger charge is 2.31. The van der Waals surface area contributed by atoms with Gasteiger partial charge in [-0.05, 0) is 70.0 Å². The van der Waals surface area contributed by atoms with E-state index in [2.05, 4.69) is 14.8 Å². The van der Waals surface area contributed by atoms with Gasteiger partial charge in [-0.3, -0.25) is 9.78 Å². The van der Waals surface area contributed by atoms with Gasteiger partial charge in [-0.25, -0.2) is 0 Å². The summed E-state index contributed by atoms with van der Waals surface area (Å²) in [5.74, 6) is 0.176. The molecule has 2 fully saturated rings. The SMILES string of the molecule is Cc1cccc(-c2ccc(C(=O)N3CCCC3CN3CCCC3)cc2)n1. The van der Waals surface area contributed by atoms with Crippen molar-refractivity contribution in [2.24, 2.45) is 0 Å². The molecule has 4 nitrogen and oxygen atoms in total. The summed E-state index contributed by atoms with van der Waals surface area (Å²) >= 11 is 0. The predicted molar refractivity (Wildman–Crippen MR) is 104 cm³/mol. The first-order chi connectivity index (χ1) is 12.7. The minimum Gasteiger partial charge on any atom is -0.334 e. The summed E-state index contributed by atoms with van der Waals surface area (Å²) in [6, 6.07) is 14.3. The smallest absolute Gasteiger partial charge is 0.254 e. The number of carbonyl (C=O) groups is 1. The molecule has 0 spiro atoms. The maximum Gasteiger partial charge on any atom is 0.254 e. The second kappa shape index (κ2) is 7.58. The van der Waals surface area contributed by atoms with Crippen LogP contribution in [0.3, 0.4) is 0 Å². The van der Waals surface area contributed by atoms with E-state index in [9.17, 15) is 4.79 Å². The number of rotatable bonds is 4. The first-order valence-electron chi connectivity index (χ1n) is 9.78. The van der Waals surface area contributed by atoms with E-state index in [4.69, 9.17) is 0 Å². The van der Waals surface area contributed by atoms with Crippen molar-refractivity contribution in [3.63, 3.8) is 0 Å². The standard InChI is InChI=1S/C22H27N3O/c1-17-6-4-8-21(23-17)18-9-11-19(12-10-18)22(26)25-15-5-7-20(25)16-24-13-2-3-14-24/h4,6,8-12,20H,2-3,5,7,13-16H2,1H3. The van der Waals surface area contributed by atoms with Gasteiger partial charge in [-0.15, -0.1) is 0 Å². The van der Waals surface area contributed by atoms with Crippen molar-refractivity contribution in [1.82, 2.24) is 14.8 Å². The lowest BCUT2D eigenvalue weighted by atomic mass is 10.1. The lowest BCUT2D eigenvalue weighted by molar-refractivity contribution is 0.0709. The summed E-state index contributed by atoms with van der Waals surface area (Å²) in [5, 5.41) is 0. The largest absolute Gasteiger partial charge is 0.334 e. The molecule has 1 amide bonds. The van der Waals surface area contributed by atoms with Crippen LogP contribution in [0.25, 0.3) is 11.3 Å². The first kappa shape index (κ1) is 17.2. The normalized spacial score (nSPS) is 20.7. The Balaban J connectivity index is 1.47. The summed E-state index contributed by atoms with van der Waals surface area (Å²) in [6.45, 7) is 6.30. The molecule has 3 heterocycles. The van der Waals surface area contributed by atoms with Crippen LogP contribution in [0, 0.1) is 6.92 Å². The van der Waals surface area contributed by atoms with Crippen molar-refractivity contribution >= 4 is 5.91 Å². The van der Waals surface area contributed by atoms with Crippen LogP contribution >= 0.6 is 0 Å². The van der Waals surface area contributed by atoms with E-state index in [-0.39, 0.29) is 5.91 Å². The number of pyridine rings is 1. The summed E-state index contributed by atoms with van der Waals surface area (Å²) in [6.07, 6.45) is 4.85. The molecule has 1 aromatic carbocycles. The summed E-state index contributed by atoms with van der Waals surface area (Å²) < 4.78 is 0. The van der Waals surface area contributed by atoms with E-state index < -0.39 is 0 Å². The van der Waals surface area contributed by atoms with Crippen LogP contribution in [0.1, 0.15) is 41.7 Å². The van der Waals surface area contributed by atoms with E-state index in [0.29, 0.717) is 6.04 Å². The molecular weight excluding hydrogens is 322 g/mol. The molecule has 0 aliphatic carbocycles. The lowest BCUT2D eigenvalue weighted by Crippen LogP contribution is -2.42. The number of hydrogen-bond acceptors (Lipinski definition) is 3. The lowest BCUT2D eigenvalue weighted by Gasteiger charge is -2.28. The third kappa shape index (κ3) is 3.65. The van der Waals surface area contributed by atoms with Crippen LogP contribution in [-0.4, -0.2) is 52.9 Å². The van der Waals surface area contributed by atoms with Gasteiger partial charge in [-0.2, -0.15) is 0 Å². The first-order valence-corrected chi connectivity index (χ1v) is 9.78. The summed E-state index contributed by atoms with van der Waals surface area (Å²) in [4.78, 5) is 22.2. The number of hydrogen-bond donors (Lipinski definition) is 0. The molecule has 1 aromatic heterocycles. The van der Waals surface area contributed by atoms with Crippen LogP contribution in [0.5, 0.6) is 0 Å². The molecule has 1 atom stereocenters. The maximum atomic E-state index is 13.0. The predicted octanol–water partition coefficient (Wildman–Crippen LogP) is 3.76. The Morgan fingerprint density at radius 1 is 1.04 bits per heavy atom. The number of aromatic nitrogens is 1. The van der Waals surface area contributed by atoms with Crippen molar-refractivity contribution in [2.45, 2.75) is 38.6 Å². The van der Waals surface area contributed by atoms with Crippen LogP contribution < -0.4 is 0 Å². The zero-order valence-electron chi connectivity index (χ0n) is 15.5. The quantitative estimate of drug-likeness (QED) is 0.843. The molecule has 4 heteroatoms. The monoisotopic (exact) mass is 349 g/mol. The van der Waals surface area contributed by atoms with Crippen LogP contribution in [0.15, 0.2) is 42.5 Å². The number of aryl methyl sites for hydroxylation is 1. The fraction of sp³-hybridized carbons (Fsp3) is 0.455. The van der Waals surface area contributed by atoms with E-state index in [1.165, 1.54) is 25.9 Å². The highest BCUT2D eigenvalue weighted by atomic mass is 16.2. The van der Waals surface area contributed by atoms with Crippen LogP contribution in [0.2, 0.25) is 0 Å². The molecule has 1 unspecified atom stereocenters. The molecule has 26 heavy (non-hydrogen) atoms. The van der Waals surface area contributed by atoms with Gasteiger partial charge in [0.2, 0.25) is 0 Å². The Labute approximate surface area is 155 Å². The van der Waals surface area contributed by atoms with E-state index in [0.717, 1.165) is 48.4 Å². The fourth-order valence-corrected chi connectivity index (χ4v) is 4.21. The van der Waals surface area contributed by atoms with Crippen molar-refractivity contribution < 1.29 is 4.79 Å². The molecule has 136 valence electrons. The molecule has 4 rings (SSSR count). The maximum absolute atomic E-state index is 13.0. The number of amides is 1. The molecule has 0 radical (unpaired) electrons. The molecule has 2 aliphatic heterocycles. The summed E-state index contributed by atoms with van der Waals surface area (Å²) in [5.41, 5.74) is 3.80. The van der Waals surface area contributed by atoms with Gasteiger partial charge >= 0.3 is 0 Å². The van der Waals surface area contributed by atoms with E-state index in [1.807, 2.05) is 49.4 Å². The Morgan fingerprint density at radius 2 is 1.81 bits per heavy atom. The summed E-state index contributed by atoms with van der Waals surface area (Å²) in [7, 11) is 0. The molecule has 2 aliphatic rings. The van der Waals surface area contributed by atoms with Crippen LogP contribution in [0.4, 0.5) is 0 Å². The highest BCUT2D eigenvalue weighted by Crippen LogP contribution is 2.24. The van der Waals surface area contributed by atoms with Gasteiger partial charge in [0.05, 0.1) is 5.69 Å². The average Bonchev–Trinajstić information content (AvgIpc) is 3.34. The van der Waals surface area contributed by atoms with Gasteiger partial charge in [-0.1, -0.05) is 18.2 Å². The minimum absolute atomic E-state index is 0.176. The highest BCUT2D eigenvalue weighted by molar-refractivity contribution is 5.95. The average molecular weight is 349 g/mol. The van der Waals surface area contributed by atoms with Gasteiger partial charge in [0.25, 0.3) is 5.91 Å². The van der Waals surface area contributed by atoms with Crippen molar-refractivity contribution in [3.8, 4) is 11.3 Å². The van der Waals surface area contributed by atoms with Crippen LogP contribution in [-0.2, 0) is 0 Å². The van der Waals surface area contributed by atoms with E-state index in [1.54, 1.807) is 0 Å². The second-order valence-electron chi connectivity index (χ2n) is 7.54. The third-order valence-electron chi connectivity index (χ3n) is 5.62. The molecule has 0 bridgehead atoms. The van der Waals surface area contributed by atoms with Gasteiger partial charge < -0.3 is 9.80 Å². The second-order valence-corrected chi connectivity index (χ2v) is 7.54. The van der Waals surface area contributed by atoms with E-state index >= 15 is 0 Å². The van der Waals surface area contributed by atoms with Gasteiger partial charge in [0, 0.05) is 36.0 Å². The third-order valence-corrected chi connectivity index (χ3v) is 5.62. The number of carbonyl (C=O) groups excluding carboxylic acids is 1. The Hall–Kier alpha value is -2.20. The zero-order valence-corrected chi connectivity index (χ0v) is 15.5. The minimum atomic E-state index is 0.176. The topological polar surface area (TPSA) is 36.4 Å². The molecule has 0 N–H and O–H groups in total. The number of nitrogens with zero attached hydrogens (tertiary/aromatic N) is 3.